The quantitative estimate of drug-likeness (QED) is 0.476. The van der Waals surface area contributed by atoms with Crippen LogP contribution in [0.5, 0.6) is 0 Å². The number of nitrogens with zero attached hydrogens (tertiary/aromatic N) is 1. The monoisotopic (exact) mass is 378 g/mol. The first-order valence-corrected chi connectivity index (χ1v) is 10.5. The first-order chi connectivity index (χ1) is 14.3. The summed E-state index contributed by atoms with van der Waals surface area (Å²) in [6.45, 7) is 0.605. The molecule has 1 aromatic heterocycles. The Hall–Kier alpha value is -3.11. The maximum absolute atomic E-state index is 13.0. The van der Waals surface area contributed by atoms with E-state index in [0.717, 1.165) is 29.5 Å². The maximum atomic E-state index is 13.0. The molecule has 1 amide bonds. The number of fused-ring (bicyclic) bond motifs is 13. The molecule has 0 spiro atoms. The van der Waals surface area contributed by atoms with Crippen molar-refractivity contribution in [3.63, 3.8) is 0 Å². The van der Waals surface area contributed by atoms with Crippen LogP contribution in [0, 0.1) is 0 Å². The fourth-order valence-corrected chi connectivity index (χ4v) is 6.55. The molecule has 0 saturated carbocycles. The molecule has 4 aliphatic rings. The molecule has 3 atom stereocenters. The molecule has 3 aliphatic heterocycles. The second-order valence-corrected chi connectivity index (χ2v) is 8.71. The predicted molar refractivity (Wildman–Crippen MR) is 111 cm³/mol. The molecule has 1 unspecified atom stereocenters. The van der Waals surface area contributed by atoms with Crippen molar-refractivity contribution < 1.29 is 9.53 Å². The molecule has 2 bridgehead atoms. The van der Waals surface area contributed by atoms with Crippen molar-refractivity contribution >= 4 is 27.7 Å². The number of carbonyl (C=O) groups is 1. The van der Waals surface area contributed by atoms with Crippen LogP contribution in [0.25, 0.3) is 32.9 Å². The van der Waals surface area contributed by atoms with Crippen LogP contribution in [0.3, 0.4) is 0 Å². The predicted octanol–water partition coefficient (Wildman–Crippen LogP) is 4.84. The van der Waals surface area contributed by atoms with Crippen LogP contribution in [-0.2, 0) is 11.3 Å². The van der Waals surface area contributed by atoms with Gasteiger partial charge in [0.05, 0.1) is 22.7 Å². The van der Waals surface area contributed by atoms with Crippen molar-refractivity contribution in [3.05, 3.63) is 70.8 Å². The van der Waals surface area contributed by atoms with Crippen LogP contribution in [0.2, 0.25) is 0 Å². The normalized spacial score (nSPS) is 25.4. The Morgan fingerprint density at radius 1 is 1.00 bits per heavy atom. The van der Waals surface area contributed by atoms with E-state index in [2.05, 4.69) is 58.4 Å². The summed E-state index contributed by atoms with van der Waals surface area (Å²) in [5, 5.41) is 5.61. The summed E-state index contributed by atoms with van der Waals surface area (Å²) >= 11 is 0. The third-order valence-electron chi connectivity index (χ3n) is 7.51. The molecule has 4 heterocycles. The van der Waals surface area contributed by atoms with E-state index >= 15 is 0 Å². The van der Waals surface area contributed by atoms with Crippen LogP contribution in [0.1, 0.15) is 52.0 Å². The molecule has 3 aromatic carbocycles. The first kappa shape index (κ1) is 14.8. The van der Waals surface area contributed by atoms with E-state index in [0.29, 0.717) is 6.54 Å². The van der Waals surface area contributed by atoms with Gasteiger partial charge in [-0.3, -0.25) is 4.79 Å². The van der Waals surface area contributed by atoms with Gasteiger partial charge < -0.3 is 14.6 Å². The molecule has 1 N–H and O–H groups in total. The minimum atomic E-state index is 0.0655. The Balaban J connectivity index is 1.71. The molecule has 8 rings (SSSR count). The number of hydrogen-bond acceptors (Lipinski definition) is 2. The number of rotatable bonds is 0. The number of carbonyl (C=O) groups excluding carboxylic acids is 1. The molecular weight excluding hydrogens is 360 g/mol. The lowest BCUT2D eigenvalue weighted by atomic mass is 9.86. The largest absolute Gasteiger partial charge is 0.354 e. The summed E-state index contributed by atoms with van der Waals surface area (Å²) in [4.78, 5) is 13.0. The van der Waals surface area contributed by atoms with Crippen molar-refractivity contribution in [3.8, 4) is 11.1 Å². The van der Waals surface area contributed by atoms with Crippen molar-refractivity contribution in [2.75, 3.05) is 0 Å². The van der Waals surface area contributed by atoms with Gasteiger partial charge in [-0.25, -0.2) is 0 Å². The molecule has 1 aliphatic carbocycles. The van der Waals surface area contributed by atoms with E-state index in [4.69, 9.17) is 4.74 Å². The summed E-state index contributed by atoms with van der Waals surface area (Å²) in [6.07, 6.45) is 2.35. The number of nitrogens with one attached hydrogen (secondary N) is 1. The molecule has 0 radical (unpaired) electrons. The Labute approximate surface area is 167 Å². The summed E-state index contributed by atoms with van der Waals surface area (Å²) in [5.41, 5.74) is 9.58. The number of ether oxygens (including phenoxy) is 1. The van der Waals surface area contributed by atoms with Crippen LogP contribution < -0.4 is 5.32 Å². The zero-order valence-electron chi connectivity index (χ0n) is 15.7. The standard InChI is InChI=1S/C25H18N2O2/c28-25-22-15(11-26-25)19-14-7-3-4-8-16(14)27-18-10-9-17(29-18)20-12-5-1-2-6-13(12)21(22)23(20)24(19)27/h1-8,17-18,20H,9-11H2,(H,26,28)/t17?,18-,20-/m0/s1. The number of amides is 1. The van der Waals surface area contributed by atoms with Gasteiger partial charge in [0.15, 0.2) is 0 Å². The molecule has 4 aromatic rings. The van der Waals surface area contributed by atoms with Crippen LogP contribution in [0.4, 0.5) is 0 Å². The van der Waals surface area contributed by atoms with Gasteiger partial charge in [0.25, 0.3) is 5.91 Å². The lowest BCUT2D eigenvalue weighted by Gasteiger charge is -2.20. The van der Waals surface area contributed by atoms with Gasteiger partial charge in [-0.1, -0.05) is 42.5 Å². The van der Waals surface area contributed by atoms with E-state index in [-0.39, 0.29) is 24.2 Å². The molecule has 1 saturated heterocycles. The van der Waals surface area contributed by atoms with Crippen LogP contribution in [0.15, 0.2) is 48.5 Å². The second-order valence-electron chi connectivity index (χ2n) is 8.71. The Morgan fingerprint density at radius 2 is 1.86 bits per heavy atom. The lowest BCUT2D eigenvalue weighted by molar-refractivity contribution is 0.00493. The topological polar surface area (TPSA) is 43.3 Å². The van der Waals surface area contributed by atoms with Gasteiger partial charge in [0.2, 0.25) is 0 Å². The Morgan fingerprint density at radius 3 is 2.83 bits per heavy atom. The minimum Gasteiger partial charge on any atom is -0.354 e. The minimum absolute atomic E-state index is 0.0655. The lowest BCUT2D eigenvalue weighted by Crippen LogP contribution is -2.16. The van der Waals surface area contributed by atoms with E-state index < -0.39 is 0 Å². The average Bonchev–Trinajstić information content (AvgIpc) is 3.47. The maximum Gasteiger partial charge on any atom is 0.252 e. The zero-order chi connectivity index (χ0) is 18.9. The highest BCUT2D eigenvalue weighted by Crippen LogP contribution is 2.59. The van der Waals surface area contributed by atoms with Crippen LogP contribution >= 0.6 is 0 Å². The van der Waals surface area contributed by atoms with Crippen molar-refractivity contribution in [2.45, 2.75) is 37.6 Å². The summed E-state index contributed by atoms with van der Waals surface area (Å²) in [5.74, 6) is 0.272. The van der Waals surface area contributed by atoms with E-state index in [9.17, 15) is 4.79 Å². The summed E-state index contributed by atoms with van der Waals surface area (Å²) < 4.78 is 9.12. The average molecular weight is 378 g/mol. The molecule has 140 valence electrons. The first-order valence-electron chi connectivity index (χ1n) is 10.5. The van der Waals surface area contributed by atoms with Crippen molar-refractivity contribution in [2.24, 2.45) is 0 Å². The number of hydrogen-bond donors (Lipinski definition) is 1. The third-order valence-corrected chi connectivity index (χ3v) is 7.51. The van der Waals surface area contributed by atoms with Gasteiger partial charge in [0, 0.05) is 28.8 Å². The number of para-hydroxylation sites is 1. The SMILES string of the molecule is O=C1NCc2c1c1c3c4c2c2ccccc2n4[C@@H]2CCC(O2)[C@@H]3c2ccccc2-1. The van der Waals surface area contributed by atoms with E-state index in [1.807, 2.05) is 0 Å². The van der Waals surface area contributed by atoms with Gasteiger partial charge in [0.1, 0.15) is 6.23 Å². The third kappa shape index (κ3) is 1.51. The molecule has 1 fully saturated rings. The molecule has 4 heteroatoms. The van der Waals surface area contributed by atoms with E-state index in [1.54, 1.807) is 0 Å². The fraction of sp³-hybridized carbons (Fsp3) is 0.240. The summed E-state index contributed by atoms with van der Waals surface area (Å²) in [6, 6.07) is 17.3. The number of benzene rings is 3. The molecular formula is C25H18N2O2. The zero-order valence-corrected chi connectivity index (χ0v) is 15.7. The fourth-order valence-electron chi connectivity index (χ4n) is 6.55. The van der Waals surface area contributed by atoms with E-state index in [1.165, 1.54) is 38.5 Å². The Bertz CT molecular complexity index is 1430. The van der Waals surface area contributed by atoms with Crippen molar-refractivity contribution in [1.29, 1.82) is 0 Å². The highest BCUT2D eigenvalue weighted by atomic mass is 16.5. The highest BCUT2D eigenvalue weighted by Gasteiger charge is 2.48. The molecule has 29 heavy (non-hydrogen) atoms. The highest BCUT2D eigenvalue weighted by molar-refractivity contribution is 6.20. The van der Waals surface area contributed by atoms with Gasteiger partial charge in [-0.15, -0.1) is 0 Å². The van der Waals surface area contributed by atoms with Gasteiger partial charge in [-0.05, 0) is 41.2 Å². The van der Waals surface area contributed by atoms with Crippen molar-refractivity contribution in [1.82, 2.24) is 9.88 Å². The Kier molecular flexibility index (Phi) is 2.41. The molecule has 4 nitrogen and oxygen atoms in total. The van der Waals surface area contributed by atoms with Gasteiger partial charge >= 0.3 is 0 Å². The van der Waals surface area contributed by atoms with Gasteiger partial charge in [-0.2, -0.15) is 0 Å². The second kappa shape index (κ2) is 4.71. The smallest absolute Gasteiger partial charge is 0.252 e. The van der Waals surface area contributed by atoms with Crippen LogP contribution in [-0.4, -0.2) is 16.6 Å². The number of aromatic nitrogens is 1. The summed E-state index contributed by atoms with van der Waals surface area (Å²) in [7, 11) is 0.